The van der Waals surface area contributed by atoms with Gasteiger partial charge in [0, 0.05) is 30.3 Å². The predicted molar refractivity (Wildman–Crippen MR) is 91.2 cm³/mol. The van der Waals surface area contributed by atoms with E-state index in [4.69, 9.17) is 4.74 Å². The van der Waals surface area contributed by atoms with Crippen LogP contribution < -0.4 is 10.1 Å². The largest absolute Gasteiger partial charge is 0.457 e. The molecule has 2 fully saturated rings. The summed E-state index contributed by atoms with van der Waals surface area (Å²) < 4.78 is 5.98. The molecular weight excluding hydrogens is 300 g/mol. The van der Waals surface area contributed by atoms with Crippen molar-refractivity contribution in [3.8, 4) is 11.5 Å². The summed E-state index contributed by atoms with van der Waals surface area (Å²) in [4.78, 5) is 15.5. The highest BCUT2D eigenvalue weighted by Crippen LogP contribution is 2.47. The molecule has 2 aromatic carbocycles. The highest BCUT2D eigenvalue weighted by molar-refractivity contribution is 5.90. The summed E-state index contributed by atoms with van der Waals surface area (Å²) in [6, 6.07) is 16.0. The number of fused-ring (bicyclic) bond motifs is 3. The number of amides is 1. The van der Waals surface area contributed by atoms with E-state index in [1.807, 2.05) is 48.5 Å². The Labute approximate surface area is 141 Å². The normalized spacial score (nSPS) is 27.6. The van der Waals surface area contributed by atoms with Gasteiger partial charge in [0.25, 0.3) is 0 Å². The molecule has 24 heavy (non-hydrogen) atoms. The molecule has 0 unspecified atom stereocenters. The Hall–Kier alpha value is -2.33. The first-order valence-corrected chi connectivity index (χ1v) is 8.57. The van der Waals surface area contributed by atoms with Crippen molar-refractivity contribution in [2.75, 3.05) is 20.1 Å². The van der Waals surface area contributed by atoms with Gasteiger partial charge in [0.2, 0.25) is 5.91 Å². The highest BCUT2D eigenvalue weighted by atomic mass is 16.5. The maximum atomic E-state index is 13.1. The monoisotopic (exact) mass is 320 g/mol. The molecule has 3 aliphatic rings. The number of hydrogen-bond acceptors (Lipinski definition) is 3. The van der Waals surface area contributed by atoms with Gasteiger partial charge in [0.15, 0.2) is 0 Å². The molecule has 0 spiro atoms. The van der Waals surface area contributed by atoms with Crippen molar-refractivity contribution in [1.82, 2.24) is 10.2 Å². The zero-order valence-electron chi connectivity index (χ0n) is 13.6. The van der Waals surface area contributed by atoms with E-state index >= 15 is 0 Å². The molecule has 122 valence electrons. The molecule has 1 amide bonds. The van der Waals surface area contributed by atoms with E-state index in [1.165, 1.54) is 0 Å². The summed E-state index contributed by atoms with van der Waals surface area (Å²) in [7, 11) is 2.15. The average molecular weight is 320 g/mol. The van der Waals surface area contributed by atoms with Crippen molar-refractivity contribution in [3.05, 3.63) is 59.7 Å². The smallest absolute Gasteiger partial charge is 0.232 e. The first-order chi connectivity index (χ1) is 11.7. The fourth-order valence-corrected chi connectivity index (χ4v) is 4.39. The van der Waals surface area contributed by atoms with E-state index in [0.717, 1.165) is 35.7 Å². The van der Waals surface area contributed by atoms with Gasteiger partial charge < -0.3 is 15.0 Å². The number of nitrogens with one attached hydrogen (secondary N) is 1. The molecule has 4 heteroatoms. The second-order valence-corrected chi connectivity index (χ2v) is 7.19. The summed E-state index contributed by atoms with van der Waals surface area (Å²) in [5.41, 5.74) is 1.91. The SMILES string of the molecule is CN1C[C@@H]2[C@H](C1)[C@H]2NC(=O)C1c2ccccc2Oc2ccccc21. The van der Waals surface area contributed by atoms with Gasteiger partial charge in [0.05, 0.1) is 5.92 Å². The molecule has 2 aliphatic heterocycles. The Kier molecular flexibility index (Phi) is 2.98. The Bertz CT molecular complexity index is 761. The van der Waals surface area contributed by atoms with Crippen molar-refractivity contribution in [2.45, 2.75) is 12.0 Å². The molecular formula is C20H20N2O2. The zero-order valence-corrected chi connectivity index (χ0v) is 13.6. The Balaban J connectivity index is 1.46. The molecule has 4 nitrogen and oxygen atoms in total. The lowest BCUT2D eigenvalue weighted by atomic mass is 9.87. The summed E-state index contributed by atoms with van der Waals surface area (Å²) in [6.45, 7) is 2.19. The van der Waals surface area contributed by atoms with E-state index in [1.54, 1.807) is 0 Å². The third-order valence-corrected chi connectivity index (χ3v) is 5.63. The molecule has 0 bridgehead atoms. The second kappa shape index (κ2) is 5.08. The molecule has 1 saturated carbocycles. The number of carbonyl (C=O) groups excluding carboxylic acids is 1. The summed E-state index contributed by atoms with van der Waals surface area (Å²) in [5, 5.41) is 3.31. The van der Waals surface area contributed by atoms with Crippen molar-refractivity contribution >= 4 is 5.91 Å². The van der Waals surface area contributed by atoms with Gasteiger partial charge in [-0.05, 0) is 31.0 Å². The van der Waals surface area contributed by atoms with Crippen LogP contribution >= 0.6 is 0 Å². The lowest BCUT2D eigenvalue weighted by Crippen LogP contribution is -2.37. The van der Waals surface area contributed by atoms with Crippen LogP contribution in [0.1, 0.15) is 17.0 Å². The van der Waals surface area contributed by atoms with E-state index in [-0.39, 0.29) is 11.8 Å². The van der Waals surface area contributed by atoms with Crippen molar-refractivity contribution in [1.29, 1.82) is 0 Å². The quantitative estimate of drug-likeness (QED) is 0.925. The van der Waals surface area contributed by atoms with Gasteiger partial charge in [-0.2, -0.15) is 0 Å². The topological polar surface area (TPSA) is 41.6 Å². The van der Waals surface area contributed by atoms with E-state index < -0.39 is 0 Å². The standard InChI is InChI=1S/C20H20N2O2/c1-22-10-14-15(11-22)19(14)21-20(23)18-12-6-2-4-8-16(12)24-17-9-5-3-7-13(17)18/h2-9,14-15,18-19H,10-11H2,1H3,(H,21,23)/t14-,15+,19+. The first kappa shape index (κ1) is 14.1. The maximum Gasteiger partial charge on any atom is 0.232 e. The van der Waals surface area contributed by atoms with Crippen LogP contribution in [-0.2, 0) is 4.79 Å². The van der Waals surface area contributed by atoms with E-state index in [2.05, 4.69) is 17.3 Å². The fourth-order valence-electron chi connectivity index (χ4n) is 4.39. The van der Waals surface area contributed by atoms with E-state index in [0.29, 0.717) is 17.9 Å². The molecule has 3 atom stereocenters. The number of piperidine rings is 1. The lowest BCUT2D eigenvalue weighted by Gasteiger charge is -2.27. The number of hydrogen-bond donors (Lipinski definition) is 1. The molecule has 2 aromatic rings. The number of nitrogens with zero attached hydrogens (tertiary/aromatic N) is 1. The molecule has 5 rings (SSSR count). The minimum absolute atomic E-state index is 0.0975. The van der Waals surface area contributed by atoms with Crippen LogP contribution in [0.4, 0.5) is 0 Å². The van der Waals surface area contributed by atoms with Crippen molar-refractivity contribution < 1.29 is 9.53 Å². The predicted octanol–water partition coefficient (Wildman–Crippen LogP) is 2.60. The Morgan fingerprint density at radius 1 is 1.00 bits per heavy atom. The van der Waals surface area contributed by atoms with Crippen LogP contribution in [0, 0.1) is 11.8 Å². The minimum Gasteiger partial charge on any atom is -0.457 e. The number of carbonyl (C=O) groups is 1. The zero-order chi connectivity index (χ0) is 16.3. The van der Waals surface area contributed by atoms with Crippen molar-refractivity contribution in [3.63, 3.8) is 0 Å². The van der Waals surface area contributed by atoms with Crippen LogP contribution in [0.25, 0.3) is 0 Å². The van der Waals surface area contributed by atoms with Crippen LogP contribution in [0.5, 0.6) is 11.5 Å². The molecule has 1 saturated heterocycles. The van der Waals surface area contributed by atoms with Crippen LogP contribution in [0.3, 0.4) is 0 Å². The summed E-state index contributed by atoms with van der Waals surface area (Å²) in [6.07, 6.45) is 0. The molecule has 1 aliphatic carbocycles. The van der Waals surface area contributed by atoms with Gasteiger partial charge >= 0.3 is 0 Å². The third kappa shape index (κ3) is 2.06. The number of ether oxygens (including phenoxy) is 1. The summed E-state index contributed by atoms with van der Waals surface area (Å²) >= 11 is 0. The lowest BCUT2D eigenvalue weighted by molar-refractivity contribution is -0.122. The number of para-hydroxylation sites is 2. The molecule has 0 aromatic heterocycles. The van der Waals surface area contributed by atoms with Crippen molar-refractivity contribution in [2.24, 2.45) is 11.8 Å². The van der Waals surface area contributed by atoms with Crippen LogP contribution in [-0.4, -0.2) is 37.0 Å². The summed E-state index contributed by atoms with van der Waals surface area (Å²) in [5.74, 6) is 2.64. The van der Waals surface area contributed by atoms with Gasteiger partial charge in [0.1, 0.15) is 11.5 Å². The Morgan fingerprint density at radius 2 is 1.54 bits per heavy atom. The van der Waals surface area contributed by atoms with Gasteiger partial charge in [-0.15, -0.1) is 0 Å². The van der Waals surface area contributed by atoms with E-state index in [9.17, 15) is 4.79 Å². The van der Waals surface area contributed by atoms with Gasteiger partial charge in [-0.1, -0.05) is 36.4 Å². The number of benzene rings is 2. The first-order valence-electron chi connectivity index (χ1n) is 8.57. The molecule has 2 heterocycles. The minimum atomic E-state index is -0.287. The molecule has 1 N–H and O–H groups in total. The number of likely N-dealkylation sites (tertiary alicyclic amines) is 1. The fraction of sp³-hybridized carbons (Fsp3) is 0.350. The highest BCUT2D eigenvalue weighted by Gasteiger charge is 2.56. The molecule has 0 radical (unpaired) electrons. The van der Waals surface area contributed by atoms with Crippen LogP contribution in [0.2, 0.25) is 0 Å². The maximum absolute atomic E-state index is 13.1. The average Bonchev–Trinajstić information content (AvgIpc) is 3.03. The second-order valence-electron chi connectivity index (χ2n) is 7.19. The number of rotatable bonds is 2. The van der Waals surface area contributed by atoms with Gasteiger partial charge in [-0.3, -0.25) is 4.79 Å². The third-order valence-electron chi connectivity index (χ3n) is 5.63. The van der Waals surface area contributed by atoms with Gasteiger partial charge in [-0.25, -0.2) is 0 Å². The Morgan fingerprint density at radius 3 is 2.12 bits per heavy atom. The van der Waals surface area contributed by atoms with Crippen LogP contribution in [0.15, 0.2) is 48.5 Å².